The number of hydrogen-bond acceptors (Lipinski definition) is 8. The second-order valence-corrected chi connectivity index (χ2v) is 23.8. The lowest BCUT2D eigenvalue weighted by Crippen LogP contribution is -2.37. The Bertz CT molecular complexity index is 1640. The highest BCUT2D eigenvalue weighted by Crippen LogP contribution is 2.38. The fourth-order valence-corrected chi connectivity index (χ4v) is 9.42. The molecule has 0 aromatic rings. The van der Waals surface area contributed by atoms with Crippen LogP contribution in [0.1, 0.15) is 271 Å². The van der Waals surface area contributed by atoms with Crippen LogP contribution >= 0.6 is 7.82 Å². The van der Waals surface area contributed by atoms with Crippen molar-refractivity contribution < 1.29 is 42.1 Å². The number of esters is 2. The van der Waals surface area contributed by atoms with Crippen molar-refractivity contribution in [1.29, 1.82) is 0 Å². The molecule has 0 heterocycles. The van der Waals surface area contributed by atoms with Crippen LogP contribution in [-0.2, 0) is 32.7 Å². The lowest BCUT2D eigenvalue weighted by Gasteiger charge is -2.28. The topological polar surface area (TPSA) is 111 Å². The van der Waals surface area contributed by atoms with E-state index in [9.17, 15) is 19.0 Å². The smallest absolute Gasteiger partial charge is 0.306 e. The lowest BCUT2D eigenvalue weighted by molar-refractivity contribution is -0.870. The zero-order valence-corrected chi connectivity index (χ0v) is 52.0. The van der Waals surface area contributed by atoms with Crippen molar-refractivity contribution in [3.05, 3.63) is 97.2 Å². The molecule has 0 aliphatic carbocycles. The number of phosphoric ester groups is 1. The van der Waals surface area contributed by atoms with E-state index in [0.29, 0.717) is 17.4 Å². The maximum Gasteiger partial charge on any atom is 0.306 e. The van der Waals surface area contributed by atoms with Gasteiger partial charge in [0.25, 0.3) is 7.82 Å². The Morgan fingerprint density at radius 3 is 1.09 bits per heavy atom. The summed E-state index contributed by atoms with van der Waals surface area (Å²) in [6.45, 7) is 4.13. The fourth-order valence-electron chi connectivity index (χ4n) is 8.69. The molecule has 9 nitrogen and oxygen atoms in total. The van der Waals surface area contributed by atoms with E-state index in [1.165, 1.54) is 148 Å². The Hall–Kier alpha value is -3.07. The summed E-state index contributed by atoms with van der Waals surface area (Å²) in [6.07, 6.45) is 80.3. The van der Waals surface area contributed by atoms with Gasteiger partial charge in [0.1, 0.15) is 19.8 Å². The number of rotatable bonds is 58. The summed E-state index contributed by atoms with van der Waals surface area (Å²) in [7, 11) is 1.16. The van der Waals surface area contributed by atoms with Gasteiger partial charge in [0, 0.05) is 12.8 Å². The summed E-state index contributed by atoms with van der Waals surface area (Å²) in [5, 5.41) is 0. The zero-order valence-electron chi connectivity index (χ0n) is 51.1. The van der Waals surface area contributed by atoms with Gasteiger partial charge in [0.05, 0.1) is 27.7 Å². The summed E-state index contributed by atoms with van der Waals surface area (Å²) in [4.78, 5) is 38.0. The second kappa shape index (κ2) is 58.6. The number of quaternary nitrogens is 1. The molecule has 0 aromatic carbocycles. The molecule has 0 bridgehead atoms. The molecule has 0 saturated carbocycles. The van der Waals surface area contributed by atoms with E-state index in [1.807, 2.05) is 21.1 Å². The normalized spacial score (nSPS) is 13.9. The van der Waals surface area contributed by atoms with Crippen LogP contribution in [0.3, 0.4) is 0 Å². The number of allylic oxidation sites excluding steroid dienone is 16. The zero-order chi connectivity index (χ0) is 57.0. The van der Waals surface area contributed by atoms with Crippen LogP contribution in [0.25, 0.3) is 0 Å². The fraction of sp³-hybridized carbons (Fsp3) is 0.735. The van der Waals surface area contributed by atoms with Crippen LogP contribution in [0.4, 0.5) is 0 Å². The number of carbonyl (C=O) groups excluding carboxylic acids is 2. The summed E-state index contributed by atoms with van der Waals surface area (Å²) in [5.41, 5.74) is 0. The molecule has 450 valence electrons. The predicted molar refractivity (Wildman–Crippen MR) is 332 cm³/mol. The number of carbonyl (C=O) groups is 2. The van der Waals surface area contributed by atoms with Gasteiger partial charge in [0.2, 0.25) is 0 Å². The van der Waals surface area contributed by atoms with E-state index in [4.69, 9.17) is 18.5 Å². The molecule has 2 atom stereocenters. The van der Waals surface area contributed by atoms with Crippen LogP contribution in [0.15, 0.2) is 97.2 Å². The highest BCUT2D eigenvalue weighted by Gasteiger charge is 2.22. The van der Waals surface area contributed by atoms with Gasteiger partial charge in [-0.3, -0.25) is 14.2 Å². The van der Waals surface area contributed by atoms with E-state index < -0.39 is 26.5 Å². The number of hydrogen-bond donors (Lipinski definition) is 0. The highest BCUT2D eigenvalue weighted by molar-refractivity contribution is 7.45. The Morgan fingerprint density at radius 2 is 0.731 bits per heavy atom. The van der Waals surface area contributed by atoms with E-state index >= 15 is 0 Å². The average molecular weight is 1110 g/mol. The van der Waals surface area contributed by atoms with Crippen LogP contribution in [0.5, 0.6) is 0 Å². The van der Waals surface area contributed by atoms with Gasteiger partial charge in [-0.2, -0.15) is 0 Å². The first-order valence-electron chi connectivity index (χ1n) is 31.9. The molecule has 0 radical (unpaired) electrons. The van der Waals surface area contributed by atoms with Crippen LogP contribution < -0.4 is 4.89 Å². The van der Waals surface area contributed by atoms with Crippen molar-refractivity contribution in [2.24, 2.45) is 0 Å². The minimum absolute atomic E-state index is 0.0353. The van der Waals surface area contributed by atoms with Crippen LogP contribution in [-0.4, -0.2) is 70.0 Å². The maximum atomic E-state index is 12.8. The molecule has 0 rings (SSSR count). The molecular weight excluding hydrogens is 990 g/mol. The molecule has 0 aromatic heterocycles. The summed E-state index contributed by atoms with van der Waals surface area (Å²) in [6, 6.07) is 0. The third-order valence-electron chi connectivity index (χ3n) is 13.6. The van der Waals surface area contributed by atoms with Crippen LogP contribution in [0.2, 0.25) is 0 Å². The minimum atomic E-state index is -4.65. The Kier molecular flexibility index (Phi) is 56.3. The van der Waals surface area contributed by atoms with Crippen LogP contribution in [0, 0.1) is 0 Å². The van der Waals surface area contributed by atoms with Gasteiger partial charge < -0.3 is 27.9 Å². The summed E-state index contributed by atoms with van der Waals surface area (Å²) in [5.74, 6) is -0.837. The quantitative estimate of drug-likeness (QED) is 0.0195. The molecule has 78 heavy (non-hydrogen) atoms. The van der Waals surface area contributed by atoms with Crippen molar-refractivity contribution in [3.63, 3.8) is 0 Å². The van der Waals surface area contributed by atoms with Gasteiger partial charge in [0.15, 0.2) is 6.10 Å². The molecule has 0 amide bonds. The predicted octanol–water partition coefficient (Wildman–Crippen LogP) is 19.7. The van der Waals surface area contributed by atoms with E-state index in [1.54, 1.807) is 0 Å². The van der Waals surface area contributed by atoms with Crippen molar-refractivity contribution >= 4 is 19.8 Å². The van der Waals surface area contributed by atoms with Crippen molar-refractivity contribution in [2.75, 3.05) is 47.5 Å². The van der Waals surface area contributed by atoms with Crippen molar-refractivity contribution in [2.45, 2.75) is 277 Å². The van der Waals surface area contributed by atoms with Gasteiger partial charge >= 0.3 is 11.9 Å². The van der Waals surface area contributed by atoms with E-state index in [0.717, 1.165) is 89.9 Å². The minimum Gasteiger partial charge on any atom is -0.756 e. The average Bonchev–Trinajstić information content (AvgIpc) is 3.41. The number of phosphoric acid groups is 1. The maximum absolute atomic E-state index is 12.8. The van der Waals surface area contributed by atoms with E-state index in [-0.39, 0.29) is 32.0 Å². The SMILES string of the molecule is CC/C=C\C/C=C\C/C=C\C/C=C\C/C=C\CCCCCCCCCCCCCCCC(=O)OC(COC(=O)CCCCCCCCCCCC/C=C\C/C=C\C/C=C\CCCCCCC)COP(=O)([O-])OCC[N+](C)(C)C. The molecule has 0 N–H and O–H groups in total. The Morgan fingerprint density at radius 1 is 0.410 bits per heavy atom. The number of likely N-dealkylation sites (N-methyl/N-ethyl adjacent to an activating group) is 1. The molecular formula is C68H120NO8P. The third kappa shape index (κ3) is 62.1. The monoisotopic (exact) mass is 1110 g/mol. The standard InChI is InChI=1S/C68H120NO8P/c1-6-8-10-12-14-16-18-20-22-24-26-28-30-32-33-34-35-37-39-41-43-45-47-49-51-53-55-57-59-61-68(71)77-66(65-76-78(72,73)75-63-62-69(3,4)5)64-74-67(70)60-58-56-54-52-50-48-46-44-42-40-38-36-31-29-27-25-23-21-19-17-15-13-11-9-7-2/h8,10,14,16,19-22,25-28,31-33,36,66H,6-7,9,11-13,15,17-18,23-24,29-30,34-35,37-65H2,1-5H3/b10-8-,16-14-,21-19-,22-20-,27-25-,28-26-,33-32-,36-31-. The van der Waals surface area contributed by atoms with E-state index in [2.05, 4.69) is 111 Å². The summed E-state index contributed by atoms with van der Waals surface area (Å²) < 4.78 is 34.3. The molecule has 2 unspecified atom stereocenters. The molecule has 0 aliphatic heterocycles. The first-order valence-corrected chi connectivity index (χ1v) is 33.4. The van der Waals surface area contributed by atoms with Gasteiger partial charge in [-0.1, -0.05) is 259 Å². The lowest BCUT2D eigenvalue weighted by atomic mass is 10.0. The van der Waals surface area contributed by atoms with Gasteiger partial charge in [-0.15, -0.1) is 0 Å². The molecule has 0 aliphatic rings. The Balaban J connectivity index is 4.13. The third-order valence-corrected chi connectivity index (χ3v) is 14.6. The van der Waals surface area contributed by atoms with Crippen molar-refractivity contribution in [1.82, 2.24) is 0 Å². The van der Waals surface area contributed by atoms with Crippen molar-refractivity contribution in [3.8, 4) is 0 Å². The first kappa shape index (κ1) is 74.9. The second-order valence-electron chi connectivity index (χ2n) is 22.4. The van der Waals surface area contributed by atoms with Gasteiger partial charge in [-0.25, -0.2) is 0 Å². The number of unbranched alkanes of at least 4 members (excludes halogenated alkanes) is 28. The highest BCUT2D eigenvalue weighted by atomic mass is 31.2. The molecule has 0 saturated heterocycles. The number of ether oxygens (including phenoxy) is 2. The van der Waals surface area contributed by atoms with Gasteiger partial charge in [-0.05, 0) is 96.3 Å². The molecule has 0 fully saturated rings. The first-order chi connectivity index (χ1) is 38.0. The molecule has 10 heteroatoms. The Labute approximate surface area is 481 Å². The summed E-state index contributed by atoms with van der Waals surface area (Å²) >= 11 is 0. The number of nitrogens with zero attached hydrogens (tertiary/aromatic N) is 1. The largest absolute Gasteiger partial charge is 0.756 e. The molecule has 0 spiro atoms.